The summed E-state index contributed by atoms with van der Waals surface area (Å²) in [5, 5.41) is 15.9. The number of rotatable bonds is 6. The number of nitrogens with zero attached hydrogens (tertiary/aromatic N) is 4. The highest BCUT2D eigenvalue weighted by Crippen LogP contribution is 2.21. The monoisotopic (exact) mass is 345 g/mol. The second kappa shape index (κ2) is 6.96. The predicted molar refractivity (Wildman–Crippen MR) is 92.8 cm³/mol. The minimum absolute atomic E-state index is 0.230. The number of anilines is 1. The summed E-state index contributed by atoms with van der Waals surface area (Å²) >= 11 is 1.30. The smallest absolute Gasteiger partial charge is 0.257 e. The Labute approximate surface area is 143 Å². The Balaban J connectivity index is 1.78. The normalized spacial score (nSPS) is 11.2. The summed E-state index contributed by atoms with van der Waals surface area (Å²) in [6.07, 6.45) is 0.786. The summed E-state index contributed by atoms with van der Waals surface area (Å²) in [4.78, 5) is 13.1. The first-order chi connectivity index (χ1) is 11.6. The van der Waals surface area contributed by atoms with E-state index in [9.17, 15) is 4.79 Å². The van der Waals surface area contributed by atoms with Gasteiger partial charge >= 0.3 is 0 Å². The molecule has 0 fully saturated rings. The number of aromatic nitrogens is 4. The highest BCUT2D eigenvalue weighted by molar-refractivity contribution is 7.20. The number of hydrogen-bond donors (Lipinski definition) is 1. The van der Waals surface area contributed by atoms with Gasteiger partial charge in [-0.25, -0.2) is 0 Å². The van der Waals surface area contributed by atoms with E-state index in [4.69, 9.17) is 4.74 Å². The van der Waals surface area contributed by atoms with Gasteiger partial charge in [0.15, 0.2) is 5.82 Å². The minimum atomic E-state index is -0.230. The van der Waals surface area contributed by atoms with Crippen LogP contribution in [-0.4, -0.2) is 32.3 Å². The lowest BCUT2D eigenvalue weighted by atomic mass is 10.1. The van der Waals surface area contributed by atoms with E-state index in [0.717, 1.165) is 12.2 Å². The first-order valence-corrected chi connectivity index (χ1v) is 8.63. The summed E-state index contributed by atoms with van der Waals surface area (Å²) in [6, 6.07) is 7.06. The van der Waals surface area contributed by atoms with Gasteiger partial charge in [-0.2, -0.15) is 4.52 Å². The number of benzene rings is 1. The topological polar surface area (TPSA) is 81.4 Å². The van der Waals surface area contributed by atoms with E-state index in [2.05, 4.69) is 34.5 Å². The molecule has 1 aromatic carbocycles. The number of nitrogens with one attached hydrogen (secondary N) is 1. The SMILES string of the molecule is CCOc1cccc(C(=O)Nc2nn3c(CC(C)C)nnc3s2)c1. The summed E-state index contributed by atoms with van der Waals surface area (Å²) in [6.45, 7) is 6.68. The molecule has 2 heterocycles. The average molecular weight is 345 g/mol. The molecule has 0 saturated carbocycles. The van der Waals surface area contributed by atoms with Gasteiger partial charge in [-0.1, -0.05) is 31.3 Å². The van der Waals surface area contributed by atoms with Gasteiger partial charge in [-0.05, 0) is 31.0 Å². The standard InChI is InChI=1S/C16H19N5O2S/c1-4-23-12-7-5-6-11(9-12)14(22)17-15-20-21-13(8-10(2)3)18-19-16(21)24-15/h5-7,9-10H,4,8H2,1-3H3,(H,17,20,22). The van der Waals surface area contributed by atoms with Crippen molar-refractivity contribution in [3.63, 3.8) is 0 Å². The number of carbonyl (C=O) groups is 1. The molecule has 3 rings (SSSR count). The van der Waals surface area contributed by atoms with E-state index in [1.54, 1.807) is 22.7 Å². The van der Waals surface area contributed by atoms with E-state index in [0.29, 0.717) is 33.9 Å². The van der Waals surface area contributed by atoms with Crippen LogP contribution in [0.2, 0.25) is 0 Å². The zero-order chi connectivity index (χ0) is 17.1. The second-order valence-corrected chi connectivity index (χ2v) is 6.69. The minimum Gasteiger partial charge on any atom is -0.494 e. The number of carbonyl (C=O) groups excluding carboxylic acids is 1. The van der Waals surface area contributed by atoms with Crippen molar-refractivity contribution in [3.05, 3.63) is 35.7 Å². The molecule has 0 saturated heterocycles. The molecular weight excluding hydrogens is 326 g/mol. The average Bonchev–Trinajstić information content (AvgIpc) is 3.09. The summed E-state index contributed by atoms with van der Waals surface area (Å²) in [7, 11) is 0. The molecule has 24 heavy (non-hydrogen) atoms. The molecule has 0 aliphatic heterocycles. The quantitative estimate of drug-likeness (QED) is 0.742. The van der Waals surface area contributed by atoms with Crippen LogP contribution >= 0.6 is 11.3 Å². The molecule has 126 valence electrons. The summed E-state index contributed by atoms with van der Waals surface area (Å²) in [5.41, 5.74) is 0.523. The maximum absolute atomic E-state index is 12.4. The molecule has 8 heteroatoms. The van der Waals surface area contributed by atoms with E-state index < -0.39 is 0 Å². The Kier molecular flexibility index (Phi) is 4.75. The van der Waals surface area contributed by atoms with E-state index in [-0.39, 0.29) is 5.91 Å². The largest absolute Gasteiger partial charge is 0.494 e. The van der Waals surface area contributed by atoms with Crippen LogP contribution < -0.4 is 10.1 Å². The molecule has 0 atom stereocenters. The van der Waals surface area contributed by atoms with E-state index in [1.807, 2.05) is 13.0 Å². The third kappa shape index (κ3) is 3.53. The number of ether oxygens (including phenoxy) is 1. The molecule has 1 N–H and O–H groups in total. The molecular formula is C16H19N5O2S. The van der Waals surface area contributed by atoms with Crippen LogP contribution in [0.5, 0.6) is 5.75 Å². The Morgan fingerprint density at radius 3 is 2.96 bits per heavy atom. The highest BCUT2D eigenvalue weighted by atomic mass is 32.1. The summed E-state index contributed by atoms with van der Waals surface area (Å²) < 4.78 is 7.11. The Morgan fingerprint density at radius 1 is 1.38 bits per heavy atom. The van der Waals surface area contributed by atoms with E-state index >= 15 is 0 Å². The molecule has 0 unspecified atom stereocenters. The molecule has 0 aliphatic rings. The van der Waals surface area contributed by atoms with Gasteiger partial charge < -0.3 is 4.74 Å². The predicted octanol–water partition coefficient (Wildman–Crippen LogP) is 3.04. The number of hydrogen-bond acceptors (Lipinski definition) is 6. The third-order valence-corrected chi connectivity index (χ3v) is 4.09. The van der Waals surface area contributed by atoms with Gasteiger partial charge in [0.1, 0.15) is 5.75 Å². The first-order valence-electron chi connectivity index (χ1n) is 7.82. The maximum Gasteiger partial charge on any atom is 0.257 e. The lowest BCUT2D eigenvalue weighted by Crippen LogP contribution is -2.12. The number of fused-ring (bicyclic) bond motifs is 1. The van der Waals surface area contributed by atoms with Gasteiger partial charge in [-0.3, -0.25) is 10.1 Å². The molecule has 0 spiro atoms. The van der Waals surface area contributed by atoms with Crippen molar-refractivity contribution in [2.75, 3.05) is 11.9 Å². The molecule has 0 aliphatic carbocycles. The van der Waals surface area contributed by atoms with Crippen molar-refractivity contribution >= 4 is 27.3 Å². The van der Waals surface area contributed by atoms with Crippen molar-refractivity contribution < 1.29 is 9.53 Å². The van der Waals surface area contributed by atoms with Gasteiger partial charge in [0.05, 0.1) is 6.61 Å². The summed E-state index contributed by atoms with van der Waals surface area (Å²) in [5.74, 6) is 1.70. The molecule has 0 bridgehead atoms. The van der Waals surface area contributed by atoms with Gasteiger partial charge in [0.25, 0.3) is 5.91 Å². The van der Waals surface area contributed by atoms with Crippen molar-refractivity contribution in [3.8, 4) is 5.75 Å². The molecule has 1 amide bonds. The van der Waals surface area contributed by atoms with Gasteiger partial charge in [0.2, 0.25) is 10.1 Å². The maximum atomic E-state index is 12.4. The van der Waals surface area contributed by atoms with Crippen molar-refractivity contribution in [2.45, 2.75) is 27.2 Å². The molecule has 0 radical (unpaired) electrons. The van der Waals surface area contributed by atoms with Crippen LogP contribution in [0.1, 0.15) is 37.0 Å². The third-order valence-electron chi connectivity index (χ3n) is 3.27. The molecule has 3 aromatic rings. The van der Waals surface area contributed by atoms with Crippen LogP contribution in [-0.2, 0) is 6.42 Å². The van der Waals surface area contributed by atoms with Crippen LogP contribution in [0.25, 0.3) is 4.96 Å². The fourth-order valence-electron chi connectivity index (χ4n) is 2.26. The van der Waals surface area contributed by atoms with Crippen molar-refractivity contribution in [1.29, 1.82) is 0 Å². The molecule has 7 nitrogen and oxygen atoms in total. The second-order valence-electron chi connectivity index (χ2n) is 5.73. The van der Waals surface area contributed by atoms with Crippen molar-refractivity contribution in [2.24, 2.45) is 5.92 Å². The fourth-order valence-corrected chi connectivity index (χ4v) is 3.02. The lowest BCUT2D eigenvalue weighted by Gasteiger charge is -2.05. The molecule has 2 aromatic heterocycles. The highest BCUT2D eigenvalue weighted by Gasteiger charge is 2.15. The van der Waals surface area contributed by atoms with Crippen LogP contribution in [0.4, 0.5) is 5.13 Å². The zero-order valence-electron chi connectivity index (χ0n) is 13.8. The van der Waals surface area contributed by atoms with Gasteiger partial charge in [-0.15, -0.1) is 15.3 Å². The Hall–Kier alpha value is -2.48. The lowest BCUT2D eigenvalue weighted by molar-refractivity contribution is 0.102. The number of amides is 1. The van der Waals surface area contributed by atoms with Crippen LogP contribution in [0.15, 0.2) is 24.3 Å². The van der Waals surface area contributed by atoms with Crippen LogP contribution in [0, 0.1) is 5.92 Å². The van der Waals surface area contributed by atoms with E-state index in [1.165, 1.54) is 11.3 Å². The van der Waals surface area contributed by atoms with Crippen molar-refractivity contribution in [1.82, 2.24) is 19.8 Å². The zero-order valence-corrected chi connectivity index (χ0v) is 14.6. The Bertz CT molecular complexity index is 855. The Morgan fingerprint density at radius 2 is 2.21 bits per heavy atom. The fraction of sp³-hybridized carbons (Fsp3) is 0.375. The van der Waals surface area contributed by atoms with Gasteiger partial charge in [0, 0.05) is 12.0 Å². The van der Waals surface area contributed by atoms with Crippen LogP contribution in [0.3, 0.4) is 0 Å². The first kappa shape index (κ1) is 16.4.